The van der Waals surface area contributed by atoms with Gasteiger partial charge in [0.1, 0.15) is 0 Å². The van der Waals surface area contributed by atoms with E-state index in [9.17, 15) is 9.59 Å². The van der Waals surface area contributed by atoms with Crippen molar-refractivity contribution in [1.82, 2.24) is 10.4 Å². The highest BCUT2D eigenvalue weighted by Crippen LogP contribution is 2.21. The molecule has 0 fully saturated rings. The molecule has 0 saturated carbocycles. The SMILES string of the molecule is CCCCC(=O)N1CCc2cc(C(=O)NO)ccc2C1. The fourth-order valence-corrected chi connectivity index (χ4v) is 2.46. The first kappa shape index (κ1) is 14.5. The Hall–Kier alpha value is -1.88. The van der Waals surface area contributed by atoms with Gasteiger partial charge in [-0.1, -0.05) is 19.4 Å². The normalized spacial score (nSPS) is 13.8. The van der Waals surface area contributed by atoms with Crippen LogP contribution < -0.4 is 5.48 Å². The molecule has 0 atom stereocenters. The summed E-state index contributed by atoms with van der Waals surface area (Å²) in [4.78, 5) is 25.3. The summed E-state index contributed by atoms with van der Waals surface area (Å²) < 4.78 is 0. The van der Waals surface area contributed by atoms with Crippen molar-refractivity contribution >= 4 is 11.8 Å². The van der Waals surface area contributed by atoms with E-state index in [2.05, 4.69) is 6.92 Å². The zero-order valence-electron chi connectivity index (χ0n) is 11.7. The molecule has 5 heteroatoms. The third-order valence-corrected chi connectivity index (χ3v) is 3.68. The Balaban J connectivity index is 2.08. The number of benzene rings is 1. The summed E-state index contributed by atoms with van der Waals surface area (Å²) in [5.41, 5.74) is 4.23. The van der Waals surface area contributed by atoms with Crippen molar-refractivity contribution < 1.29 is 14.8 Å². The molecule has 0 radical (unpaired) electrons. The third kappa shape index (κ3) is 3.17. The van der Waals surface area contributed by atoms with Crippen molar-refractivity contribution in [1.29, 1.82) is 0 Å². The van der Waals surface area contributed by atoms with Gasteiger partial charge in [0.25, 0.3) is 5.91 Å². The Labute approximate surface area is 118 Å². The van der Waals surface area contributed by atoms with Gasteiger partial charge < -0.3 is 4.90 Å². The number of hydrogen-bond donors (Lipinski definition) is 2. The number of hydroxylamine groups is 1. The number of amides is 2. The lowest BCUT2D eigenvalue weighted by molar-refractivity contribution is -0.132. The van der Waals surface area contributed by atoms with Crippen LogP contribution in [0.2, 0.25) is 0 Å². The maximum atomic E-state index is 12.0. The first-order chi connectivity index (χ1) is 9.65. The Morgan fingerprint density at radius 3 is 2.85 bits per heavy atom. The minimum absolute atomic E-state index is 0.203. The van der Waals surface area contributed by atoms with Crippen molar-refractivity contribution in [2.75, 3.05) is 6.54 Å². The van der Waals surface area contributed by atoms with Gasteiger partial charge in [0.15, 0.2) is 0 Å². The molecular formula is C15H20N2O3. The van der Waals surface area contributed by atoms with Gasteiger partial charge in [0.2, 0.25) is 5.91 Å². The number of unbranched alkanes of at least 4 members (excludes halogenated alkanes) is 1. The summed E-state index contributed by atoms with van der Waals surface area (Å²) in [5.74, 6) is -0.302. The highest BCUT2D eigenvalue weighted by Gasteiger charge is 2.21. The standard InChI is InChI=1S/C15H20N2O3/c1-2-3-4-14(18)17-8-7-11-9-12(15(19)16-20)5-6-13(11)10-17/h5-6,9,20H,2-4,7-8,10H2,1H3,(H,16,19). The van der Waals surface area contributed by atoms with Gasteiger partial charge in [-0.2, -0.15) is 0 Å². The second-order valence-corrected chi connectivity index (χ2v) is 5.09. The van der Waals surface area contributed by atoms with E-state index >= 15 is 0 Å². The largest absolute Gasteiger partial charge is 0.338 e. The number of carbonyl (C=O) groups excluding carboxylic acids is 2. The average Bonchev–Trinajstić information content (AvgIpc) is 2.50. The Morgan fingerprint density at radius 2 is 2.15 bits per heavy atom. The van der Waals surface area contributed by atoms with Crippen LogP contribution in [0.15, 0.2) is 18.2 Å². The first-order valence-electron chi connectivity index (χ1n) is 6.99. The number of rotatable bonds is 4. The number of nitrogens with zero attached hydrogens (tertiary/aromatic N) is 1. The molecule has 0 aromatic heterocycles. The van der Waals surface area contributed by atoms with E-state index < -0.39 is 5.91 Å². The van der Waals surface area contributed by atoms with Gasteiger partial charge in [-0.3, -0.25) is 14.8 Å². The van der Waals surface area contributed by atoms with Crippen LogP contribution in [0.3, 0.4) is 0 Å². The van der Waals surface area contributed by atoms with Gasteiger partial charge in [0, 0.05) is 25.1 Å². The molecule has 0 bridgehead atoms. The molecule has 108 valence electrons. The highest BCUT2D eigenvalue weighted by atomic mass is 16.5. The van der Waals surface area contributed by atoms with Gasteiger partial charge in [-0.15, -0.1) is 0 Å². The second kappa shape index (κ2) is 6.52. The molecule has 1 aliphatic rings. The van der Waals surface area contributed by atoms with Crippen LogP contribution in [-0.2, 0) is 17.8 Å². The van der Waals surface area contributed by atoms with Crippen molar-refractivity contribution in [3.8, 4) is 0 Å². The number of fused-ring (bicyclic) bond motifs is 1. The topological polar surface area (TPSA) is 69.6 Å². The molecule has 0 saturated heterocycles. The van der Waals surface area contributed by atoms with Crippen molar-refractivity contribution in [2.24, 2.45) is 0 Å². The summed E-state index contributed by atoms with van der Waals surface area (Å²) in [6.45, 7) is 3.38. The Bertz CT molecular complexity index is 514. The molecule has 1 aliphatic heterocycles. The van der Waals surface area contributed by atoms with E-state index in [0.29, 0.717) is 25.1 Å². The molecule has 0 aliphatic carbocycles. The van der Waals surface area contributed by atoms with Crippen LogP contribution in [0.4, 0.5) is 0 Å². The lowest BCUT2D eigenvalue weighted by atomic mass is 9.96. The molecule has 2 rings (SSSR count). The van der Waals surface area contributed by atoms with Gasteiger partial charge >= 0.3 is 0 Å². The zero-order valence-corrected chi connectivity index (χ0v) is 11.7. The maximum Gasteiger partial charge on any atom is 0.274 e. The molecule has 1 heterocycles. The fraction of sp³-hybridized carbons (Fsp3) is 0.467. The molecule has 2 N–H and O–H groups in total. The minimum Gasteiger partial charge on any atom is -0.338 e. The van der Waals surface area contributed by atoms with Crippen LogP contribution in [0, 0.1) is 0 Å². The van der Waals surface area contributed by atoms with E-state index in [0.717, 1.165) is 30.4 Å². The molecule has 2 amide bonds. The van der Waals surface area contributed by atoms with Gasteiger partial charge in [0.05, 0.1) is 0 Å². The summed E-state index contributed by atoms with van der Waals surface area (Å²) in [7, 11) is 0. The predicted octanol–water partition coefficient (Wildman–Crippen LogP) is 1.88. The van der Waals surface area contributed by atoms with E-state index in [1.54, 1.807) is 17.6 Å². The quantitative estimate of drug-likeness (QED) is 0.651. The number of hydrogen-bond acceptors (Lipinski definition) is 3. The van der Waals surface area contributed by atoms with E-state index in [1.807, 2.05) is 11.0 Å². The second-order valence-electron chi connectivity index (χ2n) is 5.09. The molecule has 5 nitrogen and oxygen atoms in total. The van der Waals surface area contributed by atoms with E-state index in [4.69, 9.17) is 5.21 Å². The lowest BCUT2D eigenvalue weighted by Gasteiger charge is -2.29. The summed E-state index contributed by atoms with van der Waals surface area (Å²) >= 11 is 0. The van der Waals surface area contributed by atoms with E-state index in [-0.39, 0.29) is 5.91 Å². The Kier molecular flexibility index (Phi) is 4.74. The smallest absolute Gasteiger partial charge is 0.274 e. The lowest BCUT2D eigenvalue weighted by Crippen LogP contribution is -2.36. The minimum atomic E-state index is -0.505. The number of carbonyl (C=O) groups is 2. The van der Waals surface area contributed by atoms with Crippen molar-refractivity contribution in [3.05, 3.63) is 34.9 Å². The van der Waals surface area contributed by atoms with Gasteiger partial charge in [-0.25, -0.2) is 5.48 Å². The van der Waals surface area contributed by atoms with Crippen LogP contribution in [0.25, 0.3) is 0 Å². The summed E-state index contributed by atoms with van der Waals surface area (Å²) in [5, 5.41) is 8.64. The molecule has 0 unspecified atom stereocenters. The van der Waals surface area contributed by atoms with Crippen molar-refractivity contribution in [3.63, 3.8) is 0 Å². The van der Waals surface area contributed by atoms with Crippen LogP contribution in [-0.4, -0.2) is 28.5 Å². The van der Waals surface area contributed by atoms with Crippen LogP contribution in [0.5, 0.6) is 0 Å². The Morgan fingerprint density at radius 1 is 1.35 bits per heavy atom. The number of nitrogens with one attached hydrogen (secondary N) is 1. The molecule has 1 aromatic carbocycles. The summed E-state index contributed by atoms with van der Waals surface area (Å²) in [6.07, 6.45) is 3.31. The fourth-order valence-electron chi connectivity index (χ4n) is 2.46. The maximum absolute atomic E-state index is 12.0. The average molecular weight is 276 g/mol. The molecule has 0 spiro atoms. The summed E-state index contributed by atoms with van der Waals surface area (Å²) in [6, 6.07) is 5.32. The zero-order chi connectivity index (χ0) is 14.5. The van der Waals surface area contributed by atoms with Crippen molar-refractivity contribution in [2.45, 2.75) is 39.2 Å². The first-order valence-corrected chi connectivity index (χ1v) is 6.99. The monoisotopic (exact) mass is 276 g/mol. The predicted molar refractivity (Wildman–Crippen MR) is 74.3 cm³/mol. The molecular weight excluding hydrogens is 256 g/mol. The van der Waals surface area contributed by atoms with Gasteiger partial charge in [-0.05, 0) is 36.1 Å². The molecule has 1 aromatic rings. The third-order valence-electron chi connectivity index (χ3n) is 3.68. The van der Waals surface area contributed by atoms with Crippen LogP contribution >= 0.6 is 0 Å². The highest BCUT2D eigenvalue weighted by molar-refractivity contribution is 5.93. The van der Waals surface area contributed by atoms with Crippen LogP contribution in [0.1, 0.15) is 47.7 Å². The van der Waals surface area contributed by atoms with E-state index in [1.165, 1.54) is 0 Å². The molecule has 20 heavy (non-hydrogen) atoms.